The van der Waals surface area contributed by atoms with Crippen LogP contribution in [0.25, 0.3) is 0 Å². The second-order valence-corrected chi connectivity index (χ2v) is 15.6. The molecule has 0 spiro atoms. The number of piperidine rings is 1. The third kappa shape index (κ3) is 6.43. The number of amides is 2. The largest absolute Gasteiger partial charge is 0.497 e. The van der Waals surface area contributed by atoms with Crippen LogP contribution in [0.4, 0.5) is 5.69 Å². The molecule has 3 atom stereocenters. The molecule has 3 aliphatic rings. The molecule has 14 heteroatoms. The number of carbonyl (C=O) groups is 2. The first-order chi connectivity index (χ1) is 24.4. The Bertz CT molecular complexity index is 1920. The van der Waals surface area contributed by atoms with Crippen LogP contribution in [-0.4, -0.2) is 114 Å². The molecule has 0 bridgehead atoms. The zero-order valence-electron chi connectivity index (χ0n) is 29.6. The quantitative estimate of drug-likeness (QED) is 0.309. The number of aliphatic hydroxyl groups is 1. The summed E-state index contributed by atoms with van der Waals surface area (Å²) in [6, 6.07) is 13.4. The normalized spacial score (nSPS) is 22.6. The van der Waals surface area contributed by atoms with Crippen LogP contribution in [0, 0.1) is 0 Å². The molecule has 6 rings (SSSR count). The van der Waals surface area contributed by atoms with Crippen LogP contribution >= 0.6 is 11.6 Å². The number of β-amino-alcohol motifs (C(OH)–C–C–N with tert-alkyl or cyclic N) is 1. The zero-order chi connectivity index (χ0) is 36.7. The van der Waals surface area contributed by atoms with Crippen LogP contribution in [-0.2, 0) is 31.6 Å². The van der Waals surface area contributed by atoms with Gasteiger partial charge in [-0.05, 0) is 86.8 Å². The van der Waals surface area contributed by atoms with Crippen molar-refractivity contribution in [2.24, 2.45) is 0 Å². The van der Waals surface area contributed by atoms with Crippen LogP contribution in [0.1, 0.15) is 42.4 Å². The van der Waals surface area contributed by atoms with E-state index >= 15 is 4.79 Å². The average molecular weight is 741 g/mol. The summed E-state index contributed by atoms with van der Waals surface area (Å²) in [5.74, 6) is -0.558. The number of ether oxygens (including phenoxy) is 3. The standard InChI is InChI=1S/C37H45ClN4O8S/c1-39(2)35(44)31-21-26(43)23-41(31)37(29-19-24(9-13-32(29)49-4)15-18-40-16-7-6-8-17-40)28-20-25(38)10-12-30(28)42(36(37)45)51(46,47)34-14-11-27(48-3)22-33(34)50-5/h9-14,19-20,22,26,31,43H,6-8,15-18,21,23H2,1-5H3/t26-,31+,37?/m1/s1. The number of likely N-dealkylation sites (N-methyl/N-ethyl adjacent to an activating group) is 1. The first kappa shape index (κ1) is 36.9. The van der Waals surface area contributed by atoms with E-state index in [4.69, 9.17) is 25.8 Å². The van der Waals surface area contributed by atoms with Gasteiger partial charge in [-0.3, -0.25) is 14.5 Å². The van der Waals surface area contributed by atoms with Gasteiger partial charge in [0.1, 0.15) is 22.1 Å². The van der Waals surface area contributed by atoms with E-state index in [1.165, 1.54) is 63.0 Å². The average Bonchev–Trinajstić information content (AvgIpc) is 3.64. The van der Waals surface area contributed by atoms with Crippen LogP contribution in [0.3, 0.4) is 0 Å². The number of hydrogen-bond acceptors (Lipinski definition) is 10. The van der Waals surface area contributed by atoms with E-state index in [1.807, 2.05) is 12.1 Å². The number of aliphatic hydroxyl groups excluding tert-OH is 1. The maximum Gasteiger partial charge on any atom is 0.274 e. The molecule has 0 saturated carbocycles. The maximum absolute atomic E-state index is 15.7. The first-order valence-electron chi connectivity index (χ1n) is 17.1. The van der Waals surface area contributed by atoms with Crippen molar-refractivity contribution in [2.75, 3.05) is 65.9 Å². The highest BCUT2D eigenvalue weighted by Gasteiger charge is 2.64. The Kier molecular flexibility index (Phi) is 10.6. The van der Waals surface area contributed by atoms with Crippen LogP contribution in [0.2, 0.25) is 5.02 Å². The molecular formula is C37H45ClN4O8S. The van der Waals surface area contributed by atoms with E-state index in [2.05, 4.69) is 4.90 Å². The van der Waals surface area contributed by atoms with Crippen molar-refractivity contribution in [1.82, 2.24) is 14.7 Å². The minimum Gasteiger partial charge on any atom is -0.497 e. The molecular weight excluding hydrogens is 696 g/mol. The van der Waals surface area contributed by atoms with Crippen molar-refractivity contribution < 1.29 is 37.3 Å². The van der Waals surface area contributed by atoms with Crippen molar-refractivity contribution in [2.45, 2.75) is 54.7 Å². The van der Waals surface area contributed by atoms with Gasteiger partial charge in [-0.25, -0.2) is 12.7 Å². The SMILES string of the molecule is COc1ccc(S(=O)(=O)N2C(=O)C(c3cc(CCN4CCCCC4)ccc3OC)(N3C[C@H](O)C[C@H]3C(=O)N(C)C)c3cc(Cl)ccc32)c(OC)c1. The third-order valence-corrected chi connectivity index (χ3v) is 12.2. The number of likely N-dealkylation sites (tertiary alicyclic amines) is 2. The molecule has 274 valence electrons. The minimum atomic E-state index is -4.68. The second-order valence-electron chi connectivity index (χ2n) is 13.4. The lowest BCUT2D eigenvalue weighted by molar-refractivity contribution is -0.138. The van der Waals surface area contributed by atoms with Gasteiger partial charge in [0.05, 0.1) is 39.2 Å². The van der Waals surface area contributed by atoms with Crippen molar-refractivity contribution in [3.8, 4) is 17.2 Å². The highest BCUT2D eigenvalue weighted by atomic mass is 35.5. The fourth-order valence-electron chi connectivity index (χ4n) is 7.74. The Balaban J connectivity index is 1.62. The highest BCUT2D eigenvalue weighted by Crippen LogP contribution is 2.55. The zero-order valence-corrected chi connectivity index (χ0v) is 31.2. The summed E-state index contributed by atoms with van der Waals surface area (Å²) >= 11 is 6.68. The number of sulfonamides is 1. The minimum absolute atomic E-state index is 0.0234. The number of carbonyl (C=O) groups excluding carboxylic acids is 2. The number of rotatable bonds is 11. The van der Waals surface area contributed by atoms with Crippen LogP contribution in [0.15, 0.2) is 59.5 Å². The van der Waals surface area contributed by atoms with Gasteiger partial charge < -0.3 is 29.1 Å². The predicted octanol–water partition coefficient (Wildman–Crippen LogP) is 3.90. The molecule has 0 radical (unpaired) electrons. The van der Waals surface area contributed by atoms with Gasteiger partial charge in [0.2, 0.25) is 5.91 Å². The van der Waals surface area contributed by atoms with Crippen molar-refractivity contribution >= 4 is 39.1 Å². The fourth-order valence-corrected chi connectivity index (χ4v) is 9.52. The number of hydrogen-bond donors (Lipinski definition) is 1. The molecule has 1 unspecified atom stereocenters. The lowest BCUT2D eigenvalue weighted by atomic mass is 9.80. The van der Waals surface area contributed by atoms with Gasteiger partial charge in [-0.1, -0.05) is 24.1 Å². The number of benzene rings is 3. The molecule has 2 amide bonds. The summed E-state index contributed by atoms with van der Waals surface area (Å²) < 4.78 is 47.2. The Morgan fingerprint density at radius 2 is 1.67 bits per heavy atom. The molecule has 1 N–H and O–H groups in total. The summed E-state index contributed by atoms with van der Waals surface area (Å²) in [4.78, 5) is 34.8. The molecule has 3 aromatic carbocycles. The van der Waals surface area contributed by atoms with Gasteiger partial charge in [0.15, 0.2) is 5.54 Å². The number of anilines is 1. The van der Waals surface area contributed by atoms with Crippen LogP contribution < -0.4 is 18.5 Å². The number of halogens is 1. The molecule has 3 aromatic rings. The Hall–Kier alpha value is -3.88. The maximum atomic E-state index is 15.7. The van der Waals surface area contributed by atoms with E-state index in [-0.39, 0.29) is 45.8 Å². The van der Waals surface area contributed by atoms with E-state index in [9.17, 15) is 18.3 Å². The molecule has 2 fully saturated rings. The number of fused-ring (bicyclic) bond motifs is 1. The predicted molar refractivity (Wildman–Crippen MR) is 193 cm³/mol. The monoisotopic (exact) mass is 740 g/mol. The van der Waals surface area contributed by atoms with Crippen molar-refractivity contribution in [1.29, 1.82) is 0 Å². The van der Waals surface area contributed by atoms with E-state index in [0.717, 1.165) is 42.3 Å². The van der Waals surface area contributed by atoms with Gasteiger partial charge in [-0.2, -0.15) is 0 Å². The van der Waals surface area contributed by atoms with Gasteiger partial charge >= 0.3 is 0 Å². The summed E-state index contributed by atoms with van der Waals surface area (Å²) in [5, 5.41) is 11.4. The molecule has 3 aliphatic heterocycles. The lowest BCUT2D eigenvalue weighted by Crippen LogP contribution is -2.59. The van der Waals surface area contributed by atoms with Gasteiger partial charge in [0.25, 0.3) is 15.9 Å². The fraction of sp³-hybridized carbons (Fsp3) is 0.459. The highest BCUT2D eigenvalue weighted by molar-refractivity contribution is 7.93. The van der Waals surface area contributed by atoms with Crippen molar-refractivity contribution in [3.05, 3.63) is 76.3 Å². The molecule has 3 heterocycles. The smallest absolute Gasteiger partial charge is 0.274 e. The Morgan fingerprint density at radius 3 is 2.33 bits per heavy atom. The lowest BCUT2D eigenvalue weighted by Gasteiger charge is -2.42. The molecule has 0 aliphatic carbocycles. The summed E-state index contributed by atoms with van der Waals surface area (Å²) in [7, 11) is 2.79. The molecule has 12 nitrogen and oxygen atoms in total. The van der Waals surface area contributed by atoms with Gasteiger partial charge in [-0.15, -0.1) is 0 Å². The van der Waals surface area contributed by atoms with E-state index in [0.29, 0.717) is 23.5 Å². The third-order valence-electron chi connectivity index (χ3n) is 10.2. The van der Waals surface area contributed by atoms with Crippen molar-refractivity contribution in [3.63, 3.8) is 0 Å². The van der Waals surface area contributed by atoms with E-state index in [1.54, 1.807) is 31.1 Å². The molecule has 2 saturated heterocycles. The first-order valence-corrected chi connectivity index (χ1v) is 18.9. The van der Waals surface area contributed by atoms with Crippen LogP contribution in [0.5, 0.6) is 17.2 Å². The summed E-state index contributed by atoms with van der Waals surface area (Å²) in [6.45, 7) is 2.72. The Labute approximate surface area is 304 Å². The van der Waals surface area contributed by atoms with Gasteiger partial charge in [0, 0.05) is 49.4 Å². The summed E-state index contributed by atoms with van der Waals surface area (Å²) in [6.07, 6.45) is 3.20. The van der Waals surface area contributed by atoms with E-state index < -0.39 is 33.6 Å². The second kappa shape index (κ2) is 14.6. The summed E-state index contributed by atoms with van der Waals surface area (Å²) in [5.41, 5.74) is -0.415. The molecule has 0 aromatic heterocycles. The Morgan fingerprint density at radius 1 is 0.941 bits per heavy atom. The topological polar surface area (TPSA) is 129 Å². The number of methoxy groups -OCH3 is 3. The molecule has 51 heavy (non-hydrogen) atoms. The number of nitrogens with zero attached hydrogens (tertiary/aromatic N) is 4.